The summed E-state index contributed by atoms with van der Waals surface area (Å²) in [4.78, 5) is 2.61. The van der Waals surface area contributed by atoms with Crippen molar-refractivity contribution in [3.05, 3.63) is 111 Å². The minimum Gasteiger partial charge on any atom is -0.288 e. The summed E-state index contributed by atoms with van der Waals surface area (Å²) in [6, 6.07) is 24.4. The molecule has 4 rings (SSSR count). The van der Waals surface area contributed by atoms with E-state index in [-0.39, 0.29) is 6.04 Å². The molecule has 3 aromatic carbocycles. The van der Waals surface area contributed by atoms with Crippen LogP contribution in [0.15, 0.2) is 94.7 Å². The Morgan fingerprint density at radius 2 is 1.40 bits per heavy atom. The highest BCUT2D eigenvalue weighted by Crippen LogP contribution is 2.33. The lowest BCUT2D eigenvalue weighted by atomic mass is 9.94. The lowest BCUT2D eigenvalue weighted by Crippen LogP contribution is -2.43. The van der Waals surface area contributed by atoms with Gasteiger partial charge in [0.25, 0.3) is 0 Å². The molecule has 1 heterocycles. The van der Waals surface area contributed by atoms with Gasteiger partial charge in [0.15, 0.2) is 9.84 Å². The van der Waals surface area contributed by atoms with E-state index in [4.69, 9.17) is 23.2 Å². The first-order chi connectivity index (χ1) is 14.4. The van der Waals surface area contributed by atoms with E-state index in [2.05, 4.69) is 4.90 Å². The molecular formula is C24H21Cl2NO2S. The molecule has 3 nitrogen and oxygen atoms in total. The number of likely N-dealkylation sites (tertiary alicyclic amines) is 1. The van der Waals surface area contributed by atoms with E-state index in [0.29, 0.717) is 28.0 Å². The van der Waals surface area contributed by atoms with Crippen LogP contribution in [0, 0.1) is 0 Å². The van der Waals surface area contributed by atoms with Crippen LogP contribution in [0.5, 0.6) is 0 Å². The third kappa shape index (κ3) is 4.96. The van der Waals surface area contributed by atoms with Gasteiger partial charge in [0.05, 0.1) is 4.90 Å². The van der Waals surface area contributed by atoms with Crippen LogP contribution >= 0.6 is 23.2 Å². The zero-order chi connectivity index (χ0) is 21.1. The van der Waals surface area contributed by atoms with Gasteiger partial charge in [0.1, 0.15) is 0 Å². The quantitative estimate of drug-likeness (QED) is 0.458. The van der Waals surface area contributed by atoms with Gasteiger partial charge in [0.2, 0.25) is 0 Å². The third-order valence-electron chi connectivity index (χ3n) is 5.24. The first kappa shape index (κ1) is 21.1. The van der Waals surface area contributed by atoms with Gasteiger partial charge in [-0.05, 0) is 59.5 Å². The molecule has 30 heavy (non-hydrogen) atoms. The highest BCUT2D eigenvalue weighted by Gasteiger charge is 2.30. The van der Waals surface area contributed by atoms with Crippen LogP contribution in [-0.4, -0.2) is 26.4 Å². The molecule has 6 heteroatoms. The Bertz CT molecular complexity index is 1130. The standard InChI is InChI=1S/C24H21Cl2NO2S/c25-21-10-6-18(7-11-21)14-24(20-8-12-22(26)13-9-20)27-15-19(16-27)17-30(28,29)23-4-2-1-3-5-23/h1-13,17,24H,14-16H2. The molecule has 0 radical (unpaired) electrons. The number of sulfone groups is 1. The molecule has 1 unspecified atom stereocenters. The Hall–Kier alpha value is -2.11. The normalized spacial score (nSPS) is 15.5. The Labute approximate surface area is 187 Å². The molecule has 0 amide bonds. The highest BCUT2D eigenvalue weighted by atomic mass is 35.5. The predicted molar refractivity (Wildman–Crippen MR) is 123 cm³/mol. The second kappa shape index (κ2) is 8.94. The van der Waals surface area contributed by atoms with E-state index >= 15 is 0 Å². The third-order valence-corrected chi connectivity index (χ3v) is 7.32. The molecule has 0 N–H and O–H groups in total. The van der Waals surface area contributed by atoms with Gasteiger partial charge in [-0.15, -0.1) is 0 Å². The fourth-order valence-corrected chi connectivity index (χ4v) is 5.17. The van der Waals surface area contributed by atoms with Crippen molar-refractivity contribution in [1.29, 1.82) is 0 Å². The van der Waals surface area contributed by atoms with Crippen molar-refractivity contribution in [2.75, 3.05) is 13.1 Å². The Morgan fingerprint density at radius 3 is 2.00 bits per heavy atom. The largest absolute Gasteiger partial charge is 0.288 e. The Morgan fingerprint density at radius 1 is 0.833 bits per heavy atom. The molecule has 1 atom stereocenters. The molecule has 0 aliphatic carbocycles. The average molecular weight is 458 g/mol. The maximum absolute atomic E-state index is 12.6. The van der Waals surface area contributed by atoms with Crippen LogP contribution in [0.1, 0.15) is 17.2 Å². The summed E-state index contributed by atoms with van der Waals surface area (Å²) < 4.78 is 25.2. The number of hydrogen-bond donors (Lipinski definition) is 0. The number of benzene rings is 3. The molecule has 1 saturated heterocycles. The van der Waals surface area contributed by atoms with E-state index in [1.807, 2.05) is 54.6 Å². The van der Waals surface area contributed by atoms with Crippen molar-refractivity contribution in [3.8, 4) is 0 Å². The van der Waals surface area contributed by atoms with E-state index in [1.54, 1.807) is 24.3 Å². The van der Waals surface area contributed by atoms with Crippen LogP contribution in [0.3, 0.4) is 0 Å². The fraction of sp³-hybridized carbons (Fsp3) is 0.167. The van der Waals surface area contributed by atoms with Crippen molar-refractivity contribution >= 4 is 33.0 Å². The lowest BCUT2D eigenvalue weighted by molar-refractivity contribution is 0.173. The van der Waals surface area contributed by atoms with Gasteiger partial charge in [-0.2, -0.15) is 0 Å². The van der Waals surface area contributed by atoms with Crippen molar-refractivity contribution in [2.24, 2.45) is 0 Å². The molecule has 154 valence electrons. The lowest BCUT2D eigenvalue weighted by Gasteiger charge is -2.41. The maximum Gasteiger partial charge on any atom is 0.199 e. The second-order valence-corrected chi connectivity index (χ2v) is 10.1. The number of hydrogen-bond acceptors (Lipinski definition) is 3. The second-order valence-electron chi connectivity index (χ2n) is 7.44. The average Bonchev–Trinajstić information content (AvgIpc) is 2.72. The number of nitrogens with zero attached hydrogens (tertiary/aromatic N) is 1. The van der Waals surface area contributed by atoms with Gasteiger partial charge in [-0.25, -0.2) is 8.42 Å². The van der Waals surface area contributed by atoms with Crippen molar-refractivity contribution in [3.63, 3.8) is 0 Å². The number of halogens is 2. The molecule has 0 bridgehead atoms. The van der Waals surface area contributed by atoms with E-state index in [1.165, 1.54) is 11.0 Å². The van der Waals surface area contributed by atoms with Gasteiger partial charge in [-0.3, -0.25) is 4.90 Å². The summed E-state index contributed by atoms with van der Waals surface area (Å²) in [5, 5.41) is 2.82. The minimum atomic E-state index is -3.42. The molecule has 1 fully saturated rings. The van der Waals surface area contributed by atoms with Crippen molar-refractivity contribution in [1.82, 2.24) is 4.90 Å². The molecule has 1 aliphatic heterocycles. The molecule has 1 aliphatic rings. The summed E-state index contributed by atoms with van der Waals surface area (Å²) in [6.07, 6.45) is 0.803. The summed E-state index contributed by atoms with van der Waals surface area (Å²) >= 11 is 12.1. The zero-order valence-electron chi connectivity index (χ0n) is 16.2. The van der Waals surface area contributed by atoms with Crippen molar-refractivity contribution in [2.45, 2.75) is 17.4 Å². The van der Waals surface area contributed by atoms with Crippen LogP contribution in [0.25, 0.3) is 0 Å². The van der Waals surface area contributed by atoms with Crippen molar-refractivity contribution < 1.29 is 8.42 Å². The van der Waals surface area contributed by atoms with Crippen LogP contribution in [0.4, 0.5) is 0 Å². The van der Waals surface area contributed by atoms with Gasteiger partial charge in [0, 0.05) is 34.6 Å². The van der Waals surface area contributed by atoms with E-state index in [9.17, 15) is 8.42 Å². The number of rotatable bonds is 6. The molecule has 0 spiro atoms. The first-order valence-corrected chi connectivity index (χ1v) is 11.9. The molecule has 0 saturated carbocycles. The molecular weight excluding hydrogens is 437 g/mol. The predicted octanol–water partition coefficient (Wildman–Crippen LogP) is 5.95. The minimum absolute atomic E-state index is 0.125. The summed E-state index contributed by atoms with van der Waals surface area (Å²) in [6.45, 7) is 1.24. The Balaban J connectivity index is 1.54. The SMILES string of the molecule is O=S(=O)(C=C1CN(C(Cc2ccc(Cl)cc2)c2ccc(Cl)cc2)C1)c1ccccc1. The summed E-state index contributed by atoms with van der Waals surface area (Å²) in [5.74, 6) is 0. The van der Waals surface area contributed by atoms with Gasteiger partial charge < -0.3 is 0 Å². The summed E-state index contributed by atoms with van der Waals surface area (Å²) in [7, 11) is -3.42. The highest BCUT2D eigenvalue weighted by molar-refractivity contribution is 7.94. The Kier molecular flexibility index (Phi) is 6.30. The topological polar surface area (TPSA) is 37.4 Å². The smallest absolute Gasteiger partial charge is 0.199 e. The van der Waals surface area contributed by atoms with Crippen LogP contribution in [0.2, 0.25) is 10.0 Å². The molecule has 3 aromatic rings. The summed E-state index contributed by atoms with van der Waals surface area (Å²) in [5.41, 5.74) is 3.24. The van der Waals surface area contributed by atoms with Crippen LogP contribution in [-0.2, 0) is 16.3 Å². The fourth-order valence-electron chi connectivity index (χ4n) is 3.65. The maximum atomic E-state index is 12.6. The van der Waals surface area contributed by atoms with E-state index in [0.717, 1.165) is 17.6 Å². The van der Waals surface area contributed by atoms with Gasteiger partial charge in [-0.1, -0.05) is 65.7 Å². The molecule has 0 aromatic heterocycles. The zero-order valence-corrected chi connectivity index (χ0v) is 18.5. The first-order valence-electron chi connectivity index (χ1n) is 9.64. The van der Waals surface area contributed by atoms with E-state index < -0.39 is 9.84 Å². The monoisotopic (exact) mass is 457 g/mol. The van der Waals surface area contributed by atoms with Gasteiger partial charge >= 0.3 is 0 Å². The van der Waals surface area contributed by atoms with Crippen LogP contribution < -0.4 is 0 Å².